The Morgan fingerprint density at radius 2 is 1.92 bits per heavy atom. The van der Waals surface area contributed by atoms with Crippen LogP contribution in [0.15, 0.2) is 41.3 Å². The molecule has 3 rings (SSSR count). The third-order valence-corrected chi connectivity index (χ3v) is 6.06. The molecule has 2 unspecified atom stereocenters. The molecule has 25 heavy (non-hydrogen) atoms. The summed E-state index contributed by atoms with van der Waals surface area (Å²) >= 11 is 0. The number of hydrogen-bond donors (Lipinski definition) is 1. The number of nitrogens with zero attached hydrogens (tertiary/aromatic N) is 1. The summed E-state index contributed by atoms with van der Waals surface area (Å²) in [6.07, 6.45) is 2.43. The molecule has 1 N–H and O–H groups in total. The number of aromatic nitrogens is 1. The Morgan fingerprint density at radius 1 is 1.20 bits per heavy atom. The van der Waals surface area contributed by atoms with E-state index in [0.717, 1.165) is 17.7 Å². The number of benzene rings is 1. The summed E-state index contributed by atoms with van der Waals surface area (Å²) in [6, 6.07) is 10.3. The maximum atomic E-state index is 12.8. The highest BCUT2D eigenvalue weighted by molar-refractivity contribution is 7.85. The zero-order valence-electron chi connectivity index (χ0n) is 14.1. The van der Waals surface area contributed by atoms with Crippen LogP contribution in [0.1, 0.15) is 53.8 Å². The van der Waals surface area contributed by atoms with Gasteiger partial charge in [0.05, 0.1) is 22.4 Å². The standard InChI is InChI=1S/C19H21NO4S/c1-2-3-12-25(24)14-6-4-13(5-7-14)18(21)17-9-8-16-15(19(22)23)10-11-20(16)17/h4-9,15H,2-3,10-12H2,1H3,(H,22,23). The largest absolute Gasteiger partial charge is 0.481 e. The smallest absolute Gasteiger partial charge is 0.312 e. The van der Waals surface area contributed by atoms with Crippen LogP contribution in [0.5, 0.6) is 0 Å². The molecular weight excluding hydrogens is 338 g/mol. The molecule has 0 saturated carbocycles. The van der Waals surface area contributed by atoms with Crippen LogP contribution in [-0.4, -0.2) is 31.4 Å². The minimum Gasteiger partial charge on any atom is -0.481 e. The highest BCUT2D eigenvalue weighted by Gasteiger charge is 2.31. The fraction of sp³-hybridized carbons (Fsp3) is 0.368. The van der Waals surface area contributed by atoms with E-state index < -0.39 is 22.7 Å². The Hall–Kier alpha value is -2.21. The molecule has 0 amide bonds. The SMILES string of the molecule is CCCCS(=O)c1ccc(C(=O)c2ccc3n2CCC3C(=O)O)cc1. The number of carbonyl (C=O) groups excluding carboxylic acids is 1. The van der Waals surface area contributed by atoms with E-state index in [4.69, 9.17) is 0 Å². The highest BCUT2D eigenvalue weighted by atomic mass is 32.2. The number of unbranched alkanes of at least 4 members (excludes halogenated alkanes) is 1. The van der Waals surface area contributed by atoms with Crippen LogP contribution in [-0.2, 0) is 22.1 Å². The summed E-state index contributed by atoms with van der Waals surface area (Å²) in [5, 5.41) is 9.24. The van der Waals surface area contributed by atoms with Crippen molar-refractivity contribution in [2.24, 2.45) is 0 Å². The van der Waals surface area contributed by atoms with Crippen molar-refractivity contribution in [3.63, 3.8) is 0 Å². The van der Waals surface area contributed by atoms with E-state index in [-0.39, 0.29) is 5.78 Å². The molecule has 1 aromatic carbocycles. The van der Waals surface area contributed by atoms with Crippen LogP contribution in [0.3, 0.4) is 0 Å². The van der Waals surface area contributed by atoms with Gasteiger partial charge in [-0.05, 0) is 49.2 Å². The van der Waals surface area contributed by atoms with Crippen molar-refractivity contribution >= 4 is 22.6 Å². The third kappa shape index (κ3) is 3.44. The average molecular weight is 359 g/mol. The second-order valence-electron chi connectivity index (χ2n) is 6.23. The predicted octanol–water partition coefficient (Wildman–Crippen LogP) is 3.20. The van der Waals surface area contributed by atoms with Gasteiger partial charge >= 0.3 is 5.97 Å². The lowest BCUT2D eigenvalue weighted by Crippen LogP contribution is -2.10. The predicted molar refractivity (Wildman–Crippen MR) is 95.5 cm³/mol. The topological polar surface area (TPSA) is 76.4 Å². The van der Waals surface area contributed by atoms with Gasteiger partial charge in [0.2, 0.25) is 5.78 Å². The Labute approximate surface area is 149 Å². The third-order valence-electron chi connectivity index (χ3n) is 4.61. The molecule has 132 valence electrons. The second kappa shape index (κ2) is 7.35. The molecule has 2 heterocycles. The summed E-state index contributed by atoms with van der Waals surface area (Å²) < 4.78 is 13.9. The first-order valence-corrected chi connectivity index (χ1v) is 9.80. The van der Waals surface area contributed by atoms with Crippen molar-refractivity contribution in [1.82, 2.24) is 4.57 Å². The van der Waals surface area contributed by atoms with E-state index in [0.29, 0.717) is 35.7 Å². The van der Waals surface area contributed by atoms with Crippen molar-refractivity contribution < 1.29 is 18.9 Å². The van der Waals surface area contributed by atoms with Crippen LogP contribution in [0.25, 0.3) is 0 Å². The first-order valence-electron chi connectivity index (χ1n) is 8.48. The van der Waals surface area contributed by atoms with Gasteiger partial charge < -0.3 is 9.67 Å². The molecular formula is C19H21NO4S. The molecule has 1 aliphatic heterocycles. The quantitative estimate of drug-likeness (QED) is 0.770. The van der Waals surface area contributed by atoms with Crippen LogP contribution in [0, 0.1) is 0 Å². The lowest BCUT2D eigenvalue weighted by molar-refractivity contribution is -0.138. The molecule has 0 bridgehead atoms. The number of carboxylic acid groups (broad SMARTS) is 1. The van der Waals surface area contributed by atoms with E-state index in [9.17, 15) is 18.9 Å². The van der Waals surface area contributed by atoms with E-state index >= 15 is 0 Å². The van der Waals surface area contributed by atoms with Crippen molar-refractivity contribution in [3.8, 4) is 0 Å². The van der Waals surface area contributed by atoms with Gasteiger partial charge in [-0.15, -0.1) is 0 Å². The number of ketones is 1. The zero-order chi connectivity index (χ0) is 18.0. The fourth-order valence-electron chi connectivity index (χ4n) is 3.19. The monoisotopic (exact) mass is 359 g/mol. The first kappa shape index (κ1) is 17.6. The lowest BCUT2D eigenvalue weighted by Gasteiger charge is -2.07. The normalized spacial score (nSPS) is 17.2. The van der Waals surface area contributed by atoms with Crippen molar-refractivity contribution in [2.75, 3.05) is 5.75 Å². The summed E-state index contributed by atoms with van der Waals surface area (Å²) in [5.41, 5.74) is 1.72. The molecule has 5 nitrogen and oxygen atoms in total. The summed E-state index contributed by atoms with van der Waals surface area (Å²) in [7, 11) is -1.03. The molecule has 1 aliphatic rings. The molecule has 0 aliphatic carbocycles. The van der Waals surface area contributed by atoms with Gasteiger partial charge in [0.25, 0.3) is 0 Å². The summed E-state index contributed by atoms with van der Waals surface area (Å²) in [4.78, 5) is 24.7. The number of rotatable bonds is 7. The average Bonchev–Trinajstić information content (AvgIpc) is 3.20. The van der Waals surface area contributed by atoms with E-state index in [1.807, 2.05) is 0 Å². The number of aliphatic carboxylic acids is 1. The lowest BCUT2D eigenvalue weighted by atomic mass is 10.1. The Bertz CT molecular complexity index is 822. The van der Waals surface area contributed by atoms with Crippen molar-refractivity contribution in [2.45, 2.75) is 43.5 Å². The Balaban J connectivity index is 1.80. The molecule has 0 radical (unpaired) electrons. The summed E-state index contributed by atoms with van der Waals surface area (Å²) in [5.74, 6) is -0.894. The van der Waals surface area contributed by atoms with Crippen molar-refractivity contribution in [1.29, 1.82) is 0 Å². The van der Waals surface area contributed by atoms with Crippen molar-refractivity contribution in [3.05, 3.63) is 53.3 Å². The van der Waals surface area contributed by atoms with Gasteiger partial charge in [-0.25, -0.2) is 0 Å². The van der Waals surface area contributed by atoms with Crippen LogP contribution < -0.4 is 0 Å². The number of carbonyl (C=O) groups is 2. The minimum atomic E-state index is -1.03. The highest BCUT2D eigenvalue weighted by Crippen LogP contribution is 2.31. The van der Waals surface area contributed by atoms with Crippen LogP contribution in [0.2, 0.25) is 0 Å². The molecule has 2 aromatic rings. The zero-order valence-corrected chi connectivity index (χ0v) is 14.9. The fourth-order valence-corrected chi connectivity index (χ4v) is 4.42. The summed E-state index contributed by atoms with van der Waals surface area (Å²) in [6.45, 7) is 2.60. The molecule has 0 spiro atoms. The molecule has 0 fully saturated rings. The molecule has 2 atom stereocenters. The molecule has 0 saturated heterocycles. The second-order valence-corrected chi connectivity index (χ2v) is 7.80. The number of fused-ring (bicyclic) bond motifs is 1. The van der Waals surface area contributed by atoms with Gasteiger partial charge in [-0.2, -0.15) is 0 Å². The van der Waals surface area contributed by atoms with E-state index in [2.05, 4.69) is 6.92 Å². The van der Waals surface area contributed by atoms with Gasteiger partial charge in [-0.1, -0.05) is 13.3 Å². The minimum absolute atomic E-state index is 0.136. The Kier molecular flexibility index (Phi) is 5.18. The molecule has 1 aromatic heterocycles. The maximum absolute atomic E-state index is 12.8. The van der Waals surface area contributed by atoms with Crippen LogP contribution in [0.4, 0.5) is 0 Å². The van der Waals surface area contributed by atoms with E-state index in [1.54, 1.807) is 41.0 Å². The number of carboxylic acids is 1. The van der Waals surface area contributed by atoms with Gasteiger partial charge in [0.1, 0.15) is 0 Å². The van der Waals surface area contributed by atoms with Gasteiger partial charge in [-0.3, -0.25) is 13.8 Å². The first-order chi connectivity index (χ1) is 12.0. The Morgan fingerprint density at radius 3 is 2.56 bits per heavy atom. The van der Waals surface area contributed by atoms with Crippen LogP contribution >= 0.6 is 0 Å². The van der Waals surface area contributed by atoms with Gasteiger partial charge in [0, 0.05) is 28.5 Å². The van der Waals surface area contributed by atoms with E-state index in [1.165, 1.54) is 0 Å². The number of hydrogen-bond acceptors (Lipinski definition) is 3. The maximum Gasteiger partial charge on any atom is 0.312 e. The molecule has 6 heteroatoms. The van der Waals surface area contributed by atoms with Gasteiger partial charge in [0.15, 0.2) is 0 Å².